The number of guanidine groups is 1. The maximum absolute atomic E-state index is 5.92. The Morgan fingerprint density at radius 1 is 1.40 bits per heavy atom. The van der Waals surface area contributed by atoms with E-state index in [-0.39, 0.29) is 6.04 Å². The number of fused-ring (bicyclic) bond motifs is 1. The van der Waals surface area contributed by atoms with Crippen LogP contribution >= 0.6 is 11.6 Å². The zero-order valence-electron chi connectivity index (χ0n) is 14.5. The molecule has 134 valence electrons. The average Bonchev–Trinajstić information content (AvgIpc) is 3.02. The summed E-state index contributed by atoms with van der Waals surface area (Å²) < 4.78 is 7.06. The lowest BCUT2D eigenvalue weighted by Crippen LogP contribution is -2.46. The number of aryl methyl sites for hydroxylation is 1. The molecular weight excluding hydrogens is 340 g/mol. The molecule has 2 aromatic rings. The first-order valence-corrected chi connectivity index (χ1v) is 8.69. The smallest absolute Gasteiger partial charge is 0.191 e. The van der Waals surface area contributed by atoms with E-state index in [1.807, 2.05) is 28.9 Å². The molecule has 3 rings (SSSR count). The second kappa shape index (κ2) is 8.31. The van der Waals surface area contributed by atoms with Gasteiger partial charge in [-0.2, -0.15) is 5.10 Å². The number of nitrogens with zero attached hydrogens (tertiary/aromatic N) is 4. The molecule has 8 heteroatoms. The maximum atomic E-state index is 5.92. The predicted octanol–water partition coefficient (Wildman–Crippen LogP) is 1.76. The summed E-state index contributed by atoms with van der Waals surface area (Å²) >= 11 is 5.92. The number of methoxy groups -OCH3 is 1. The molecular formula is C17H23ClN6O. The lowest BCUT2D eigenvalue weighted by molar-refractivity contribution is 0.177. The van der Waals surface area contributed by atoms with Crippen molar-refractivity contribution in [3.63, 3.8) is 0 Å². The molecule has 1 aliphatic heterocycles. The standard InChI is InChI=1S/C17H23ClN6O/c1-19-17(20-9-12-3-5-13(18)6-4-12)21-14-7-8-16-22-15(11-25-2)23-24(16)10-14/h3-6,14H,7-11H2,1-2H3,(H2,19,20,21). The fourth-order valence-electron chi connectivity index (χ4n) is 2.84. The van der Waals surface area contributed by atoms with Gasteiger partial charge in [-0.3, -0.25) is 4.99 Å². The quantitative estimate of drug-likeness (QED) is 0.626. The van der Waals surface area contributed by atoms with Crippen LogP contribution in [0.1, 0.15) is 23.6 Å². The molecule has 0 bridgehead atoms. The normalized spacial score (nSPS) is 17.2. The number of aliphatic imine (C=N–C) groups is 1. The Kier molecular flexibility index (Phi) is 5.88. The zero-order valence-corrected chi connectivity index (χ0v) is 15.3. The Bertz CT molecular complexity index is 727. The third-order valence-corrected chi connectivity index (χ3v) is 4.37. The van der Waals surface area contributed by atoms with Crippen LogP contribution in [-0.4, -0.2) is 40.9 Å². The number of halogens is 1. The minimum absolute atomic E-state index is 0.265. The highest BCUT2D eigenvalue weighted by atomic mass is 35.5. The highest BCUT2D eigenvalue weighted by Crippen LogP contribution is 2.13. The van der Waals surface area contributed by atoms with Crippen LogP contribution in [0.5, 0.6) is 0 Å². The monoisotopic (exact) mass is 362 g/mol. The molecule has 1 unspecified atom stereocenters. The Balaban J connectivity index is 1.54. The summed E-state index contributed by atoms with van der Waals surface area (Å²) in [6, 6.07) is 8.05. The molecule has 0 saturated carbocycles. The summed E-state index contributed by atoms with van der Waals surface area (Å²) in [6.45, 7) is 1.91. The van der Waals surface area contributed by atoms with Crippen LogP contribution in [0.3, 0.4) is 0 Å². The summed E-state index contributed by atoms with van der Waals surface area (Å²) in [5.41, 5.74) is 1.15. The van der Waals surface area contributed by atoms with Crippen molar-refractivity contribution >= 4 is 17.6 Å². The van der Waals surface area contributed by atoms with E-state index < -0.39 is 0 Å². The molecule has 0 spiro atoms. The highest BCUT2D eigenvalue weighted by Gasteiger charge is 2.22. The van der Waals surface area contributed by atoms with Gasteiger partial charge in [0, 0.05) is 38.2 Å². The van der Waals surface area contributed by atoms with Crippen LogP contribution in [0.15, 0.2) is 29.3 Å². The van der Waals surface area contributed by atoms with Crippen molar-refractivity contribution in [3.05, 3.63) is 46.5 Å². The van der Waals surface area contributed by atoms with Gasteiger partial charge in [0.15, 0.2) is 11.8 Å². The van der Waals surface area contributed by atoms with E-state index in [9.17, 15) is 0 Å². The van der Waals surface area contributed by atoms with Gasteiger partial charge in [0.05, 0.1) is 6.54 Å². The van der Waals surface area contributed by atoms with Crippen LogP contribution in [-0.2, 0) is 30.9 Å². The topological polar surface area (TPSA) is 76.4 Å². The summed E-state index contributed by atoms with van der Waals surface area (Å²) in [5, 5.41) is 12.0. The van der Waals surface area contributed by atoms with E-state index >= 15 is 0 Å². The third kappa shape index (κ3) is 4.70. The third-order valence-electron chi connectivity index (χ3n) is 4.11. The van der Waals surface area contributed by atoms with Gasteiger partial charge < -0.3 is 15.4 Å². The van der Waals surface area contributed by atoms with Crippen molar-refractivity contribution in [2.75, 3.05) is 14.2 Å². The zero-order chi connectivity index (χ0) is 17.6. The SMILES string of the molecule is CN=C(NCc1ccc(Cl)cc1)NC1CCc2nc(COC)nn2C1. The first kappa shape index (κ1) is 17.7. The molecule has 0 amide bonds. The van der Waals surface area contributed by atoms with Crippen molar-refractivity contribution in [1.29, 1.82) is 0 Å². The number of nitrogens with one attached hydrogen (secondary N) is 2. The van der Waals surface area contributed by atoms with E-state index in [1.54, 1.807) is 14.2 Å². The summed E-state index contributed by atoms with van der Waals surface area (Å²) in [5.74, 6) is 2.54. The number of aromatic nitrogens is 3. The van der Waals surface area contributed by atoms with Crippen molar-refractivity contribution in [1.82, 2.24) is 25.4 Å². The molecule has 1 aromatic carbocycles. The van der Waals surface area contributed by atoms with Crippen molar-refractivity contribution in [3.8, 4) is 0 Å². The van der Waals surface area contributed by atoms with E-state index in [0.29, 0.717) is 13.2 Å². The average molecular weight is 363 g/mol. The lowest BCUT2D eigenvalue weighted by atomic mass is 10.1. The summed E-state index contributed by atoms with van der Waals surface area (Å²) in [4.78, 5) is 8.81. The minimum Gasteiger partial charge on any atom is -0.377 e. The molecule has 2 N–H and O–H groups in total. The first-order chi connectivity index (χ1) is 12.2. The van der Waals surface area contributed by atoms with Gasteiger partial charge >= 0.3 is 0 Å². The Morgan fingerprint density at radius 3 is 2.92 bits per heavy atom. The molecule has 1 aromatic heterocycles. The van der Waals surface area contributed by atoms with Gasteiger partial charge in [-0.05, 0) is 24.1 Å². The van der Waals surface area contributed by atoms with Gasteiger partial charge in [0.25, 0.3) is 0 Å². The van der Waals surface area contributed by atoms with Crippen LogP contribution in [0.4, 0.5) is 0 Å². The number of benzene rings is 1. The van der Waals surface area contributed by atoms with E-state index in [2.05, 4.69) is 25.7 Å². The lowest BCUT2D eigenvalue weighted by Gasteiger charge is -2.25. The van der Waals surface area contributed by atoms with Crippen LogP contribution < -0.4 is 10.6 Å². The van der Waals surface area contributed by atoms with Crippen molar-refractivity contribution in [2.24, 2.45) is 4.99 Å². The van der Waals surface area contributed by atoms with Gasteiger partial charge in [0.1, 0.15) is 12.4 Å². The summed E-state index contributed by atoms with van der Waals surface area (Å²) in [7, 11) is 3.43. The van der Waals surface area contributed by atoms with Crippen LogP contribution in [0.2, 0.25) is 5.02 Å². The second-order valence-electron chi connectivity index (χ2n) is 5.99. The minimum atomic E-state index is 0.265. The number of ether oxygens (including phenoxy) is 1. The number of hydrogen-bond donors (Lipinski definition) is 2. The van der Waals surface area contributed by atoms with Gasteiger partial charge in [-0.15, -0.1) is 0 Å². The van der Waals surface area contributed by atoms with Gasteiger partial charge in [-0.25, -0.2) is 9.67 Å². The fourth-order valence-corrected chi connectivity index (χ4v) is 2.97. The van der Waals surface area contributed by atoms with Crippen molar-refractivity contribution < 1.29 is 4.74 Å². The Morgan fingerprint density at radius 2 is 2.20 bits per heavy atom. The highest BCUT2D eigenvalue weighted by molar-refractivity contribution is 6.30. The largest absolute Gasteiger partial charge is 0.377 e. The number of hydrogen-bond acceptors (Lipinski definition) is 4. The summed E-state index contributed by atoms with van der Waals surface area (Å²) in [6.07, 6.45) is 1.88. The van der Waals surface area contributed by atoms with Gasteiger partial charge in [-0.1, -0.05) is 23.7 Å². The molecule has 1 atom stereocenters. The molecule has 0 radical (unpaired) electrons. The maximum Gasteiger partial charge on any atom is 0.191 e. The Hall–Kier alpha value is -2.12. The van der Waals surface area contributed by atoms with E-state index in [4.69, 9.17) is 16.3 Å². The molecule has 7 nitrogen and oxygen atoms in total. The molecule has 0 saturated heterocycles. The van der Waals surface area contributed by atoms with Crippen LogP contribution in [0, 0.1) is 0 Å². The fraction of sp³-hybridized carbons (Fsp3) is 0.471. The second-order valence-corrected chi connectivity index (χ2v) is 6.43. The van der Waals surface area contributed by atoms with E-state index in [0.717, 1.165) is 47.6 Å². The molecule has 1 aliphatic rings. The molecule has 0 aliphatic carbocycles. The molecule has 2 heterocycles. The molecule has 0 fully saturated rings. The van der Waals surface area contributed by atoms with Crippen LogP contribution in [0.25, 0.3) is 0 Å². The van der Waals surface area contributed by atoms with E-state index in [1.165, 1.54) is 0 Å². The number of rotatable bonds is 5. The first-order valence-electron chi connectivity index (χ1n) is 8.31. The predicted molar refractivity (Wildman–Crippen MR) is 97.6 cm³/mol. The Labute approximate surface area is 152 Å². The van der Waals surface area contributed by atoms with Gasteiger partial charge in [0.2, 0.25) is 0 Å². The molecule has 25 heavy (non-hydrogen) atoms. The van der Waals surface area contributed by atoms with Crippen molar-refractivity contribution in [2.45, 2.75) is 38.6 Å².